The van der Waals surface area contributed by atoms with Crippen LogP contribution in [0.25, 0.3) is 11.5 Å². The highest BCUT2D eigenvalue weighted by Crippen LogP contribution is 2.18. The van der Waals surface area contributed by atoms with E-state index < -0.39 is 0 Å². The minimum atomic E-state index is 0.144. The molecular weight excluding hydrogens is 322 g/mol. The Morgan fingerprint density at radius 1 is 1.16 bits per heavy atom. The Morgan fingerprint density at radius 2 is 2.00 bits per heavy atom. The van der Waals surface area contributed by atoms with Gasteiger partial charge < -0.3 is 14.4 Å². The van der Waals surface area contributed by atoms with E-state index in [9.17, 15) is 0 Å². The normalized spacial score (nSPS) is 18.5. The predicted molar refractivity (Wildman–Crippen MR) is 87.5 cm³/mol. The van der Waals surface area contributed by atoms with E-state index in [1.165, 1.54) is 0 Å². The van der Waals surface area contributed by atoms with Crippen LogP contribution in [0.1, 0.15) is 23.6 Å². The third kappa shape index (κ3) is 3.57. The minimum absolute atomic E-state index is 0.144. The smallest absolute Gasteiger partial charge is 0.227 e. The van der Waals surface area contributed by atoms with Gasteiger partial charge in [-0.25, -0.2) is 0 Å². The van der Waals surface area contributed by atoms with E-state index in [1.54, 1.807) is 6.20 Å². The van der Waals surface area contributed by atoms with Crippen molar-refractivity contribution in [2.75, 3.05) is 26.7 Å². The highest BCUT2D eigenvalue weighted by molar-refractivity contribution is 5.46. The Balaban J connectivity index is 1.38. The zero-order valence-corrected chi connectivity index (χ0v) is 13.9. The predicted octanol–water partition coefficient (Wildman–Crippen LogP) is 0.876. The molecular formula is C16H19N7O2. The van der Waals surface area contributed by atoms with Crippen LogP contribution >= 0.6 is 0 Å². The number of nitrogens with one attached hydrogen (secondary N) is 1. The summed E-state index contributed by atoms with van der Waals surface area (Å²) in [5.74, 6) is 2.30. The molecule has 1 N–H and O–H groups in total. The van der Waals surface area contributed by atoms with Gasteiger partial charge in [0, 0.05) is 38.7 Å². The molecule has 4 heterocycles. The molecule has 0 aliphatic carbocycles. The second kappa shape index (κ2) is 7.08. The minimum Gasteiger partial charge on any atom is -0.339 e. The Labute approximate surface area is 144 Å². The Morgan fingerprint density at radius 3 is 2.80 bits per heavy atom. The van der Waals surface area contributed by atoms with E-state index >= 15 is 0 Å². The van der Waals surface area contributed by atoms with Gasteiger partial charge in [-0.05, 0) is 19.2 Å². The van der Waals surface area contributed by atoms with Gasteiger partial charge in [-0.1, -0.05) is 16.4 Å². The van der Waals surface area contributed by atoms with Gasteiger partial charge in [0.05, 0.1) is 6.04 Å². The molecule has 0 amide bonds. The standard InChI is InChI=1S/C16H19N7O2/c1-23-9-8-17-10-12(23)16-20-14(25-22-16)6-5-13-19-15(21-24-13)11-4-2-3-7-18-11/h2-4,7,12,17H,5-6,8-10H2,1H3. The van der Waals surface area contributed by atoms with Crippen molar-refractivity contribution in [2.24, 2.45) is 0 Å². The van der Waals surface area contributed by atoms with Crippen molar-refractivity contribution in [1.82, 2.24) is 35.5 Å². The van der Waals surface area contributed by atoms with Crippen LogP contribution in [0.15, 0.2) is 33.4 Å². The van der Waals surface area contributed by atoms with Gasteiger partial charge in [0.25, 0.3) is 0 Å². The lowest BCUT2D eigenvalue weighted by Gasteiger charge is -2.30. The molecule has 1 aliphatic heterocycles. The summed E-state index contributed by atoms with van der Waals surface area (Å²) in [5.41, 5.74) is 0.686. The maximum Gasteiger partial charge on any atom is 0.227 e. The molecule has 1 fully saturated rings. The molecule has 1 saturated heterocycles. The van der Waals surface area contributed by atoms with E-state index in [4.69, 9.17) is 9.05 Å². The fraction of sp³-hybridized carbons (Fsp3) is 0.438. The fourth-order valence-electron chi connectivity index (χ4n) is 2.77. The largest absolute Gasteiger partial charge is 0.339 e. The Kier molecular flexibility index (Phi) is 4.49. The van der Waals surface area contributed by atoms with Gasteiger partial charge in [-0.15, -0.1) is 0 Å². The molecule has 3 aromatic rings. The first-order valence-electron chi connectivity index (χ1n) is 8.27. The van der Waals surface area contributed by atoms with E-state index in [0.717, 1.165) is 19.6 Å². The number of nitrogens with zero attached hydrogens (tertiary/aromatic N) is 6. The second-order valence-corrected chi connectivity index (χ2v) is 5.97. The van der Waals surface area contributed by atoms with Crippen molar-refractivity contribution in [3.8, 4) is 11.5 Å². The fourth-order valence-corrected chi connectivity index (χ4v) is 2.77. The molecule has 3 aromatic heterocycles. The van der Waals surface area contributed by atoms with Crippen LogP contribution < -0.4 is 5.32 Å². The lowest BCUT2D eigenvalue weighted by molar-refractivity contribution is 0.190. The molecule has 0 bridgehead atoms. The average molecular weight is 341 g/mol. The number of piperazine rings is 1. The molecule has 0 spiro atoms. The molecule has 0 radical (unpaired) electrons. The summed E-state index contributed by atoms with van der Waals surface area (Å²) in [7, 11) is 2.07. The zero-order valence-electron chi connectivity index (χ0n) is 13.9. The molecule has 25 heavy (non-hydrogen) atoms. The van der Waals surface area contributed by atoms with Crippen LogP contribution in [0.3, 0.4) is 0 Å². The van der Waals surface area contributed by atoms with E-state index in [-0.39, 0.29) is 6.04 Å². The van der Waals surface area contributed by atoms with Crippen LogP contribution in [0, 0.1) is 0 Å². The Bertz CT molecular complexity index is 817. The summed E-state index contributed by atoms with van der Waals surface area (Å²) in [5, 5.41) is 11.4. The quantitative estimate of drug-likeness (QED) is 0.723. The second-order valence-electron chi connectivity index (χ2n) is 5.97. The number of likely N-dealkylation sites (N-methyl/N-ethyl adjacent to an activating group) is 1. The van der Waals surface area contributed by atoms with E-state index in [1.807, 2.05) is 18.2 Å². The summed E-state index contributed by atoms with van der Waals surface area (Å²) in [6.45, 7) is 2.77. The van der Waals surface area contributed by atoms with Gasteiger partial charge in [0.15, 0.2) is 5.82 Å². The van der Waals surface area contributed by atoms with Gasteiger partial charge in [-0.2, -0.15) is 9.97 Å². The third-order valence-corrected chi connectivity index (χ3v) is 4.21. The molecule has 9 heteroatoms. The first-order valence-corrected chi connectivity index (χ1v) is 8.27. The van der Waals surface area contributed by atoms with Crippen LogP contribution in [0.4, 0.5) is 0 Å². The van der Waals surface area contributed by atoms with Crippen LogP contribution in [-0.2, 0) is 12.8 Å². The number of hydrogen-bond donors (Lipinski definition) is 1. The maximum absolute atomic E-state index is 5.36. The topological polar surface area (TPSA) is 106 Å². The van der Waals surface area contributed by atoms with Crippen molar-refractivity contribution in [3.63, 3.8) is 0 Å². The molecule has 9 nitrogen and oxygen atoms in total. The first kappa shape index (κ1) is 15.9. The van der Waals surface area contributed by atoms with Gasteiger partial charge >= 0.3 is 0 Å². The zero-order chi connectivity index (χ0) is 17.1. The van der Waals surface area contributed by atoms with E-state index in [2.05, 4.69) is 42.5 Å². The molecule has 1 atom stereocenters. The van der Waals surface area contributed by atoms with Crippen LogP contribution in [0.5, 0.6) is 0 Å². The van der Waals surface area contributed by atoms with Gasteiger partial charge in [-0.3, -0.25) is 9.88 Å². The van der Waals surface area contributed by atoms with Crippen molar-refractivity contribution < 1.29 is 9.05 Å². The monoisotopic (exact) mass is 341 g/mol. The molecule has 0 saturated carbocycles. The van der Waals surface area contributed by atoms with Crippen LogP contribution in [0.2, 0.25) is 0 Å². The molecule has 0 aromatic carbocycles. The molecule has 1 aliphatic rings. The average Bonchev–Trinajstić information content (AvgIpc) is 3.31. The summed E-state index contributed by atoms with van der Waals surface area (Å²) < 4.78 is 10.6. The van der Waals surface area contributed by atoms with Crippen molar-refractivity contribution in [2.45, 2.75) is 18.9 Å². The number of pyridine rings is 1. The lowest BCUT2D eigenvalue weighted by Crippen LogP contribution is -2.44. The molecule has 4 rings (SSSR count). The molecule has 1 unspecified atom stereocenters. The SMILES string of the molecule is CN1CCNCC1c1noc(CCc2nc(-c3ccccn3)no2)n1. The number of aryl methyl sites for hydroxylation is 2. The van der Waals surface area contributed by atoms with E-state index in [0.29, 0.717) is 42.0 Å². The van der Waals surface area contributed by atoms with Gasteiger partial charge in [0.1, 0.15) is 5.69 Å². The summed E-state index contributed by atoms with van der Waals surface area (Å²) in [6.07, 6.45) is 2.80. The number of rotatable bonds is 5. The summed E-state index contributed by atoms with van der Waals surface area (Å²) in [6, 6.07) is 5.71. The Hall–Kier alpha value is -2.65. The van der Waals surface area contributed by atoms with Crippen molar-refractivity contribution in [1.29, 1.82) is 0 Å². The van der Waals surface area contributed by atoms with Gasteiger partial charge in [0.2, 0.25) is 17.6 Å². The highest BCUT2D eigenvalue weighted by atomic mass is 16.5. The third-order valence-electron chi connectivity index (χ3n) is 4.21. The van der Waals surface area contributed by atoms with Crippen LogP contribution in [-0.4, -0.2) is 56.8 Å². The summed E-state index contributed by atoms with van der Waals surface area (Å²) in [4.78, 5) is 15.3. The number of aromatic nitrogens is 5. The maximum atomic E-state index is 5.36. The first-order chi connectivity index (χ1) is 12.3. The summed E-state index contributed by atoms with van der Waals surface area (Å²) >= 11 is 0. The number of hydrogen-bond acceptors (Lipinski definition) is 9. The van der Waals surface area contributed by atoms with Crippen molar-refractivity contribution in [3.05, 3.63) is 42.0 Å². The lowest BCUT2D eigenvalue weighted by atomic mass is 10.2. The molecule has 130 valence electrons. The highest BCUT2D eigenvalue weighted by Gasteiger charge is 2.25. The van der Waals surface area contributed by atoms with Crippen molar-refractivity contribution >= 4 is 0 Å².